The molecule has 0 unspecified atom stereocenters. The number of nitrogens with zero attached hydrogens (tertiary/aromatic N) is 3. The van der Waals surface area contributed by atoms with Gasteiger partial charge in [0, 0.05) is 32.5 Å². The minimum Gasteiger partial charge on any atom is -0.396 e. The molecule has 2 rings (SSSR count). The number of rotatable bonds is 5. The highest BCUT2D eigenvalue weighted by Gasteiger charge is 2.09. The van der Waals surface area contributed by atoms with Crippen LogP contribution < -0.4 is 0 Å². The summed E-state index contributed by atoms with van der Waals surface area (Å²) in [6.07, 6.45) is 3.61. The predicted molar refractivity (Wildman–Crippen MR) is 77.1 cm³/mol. The van der Waals surface area contributed by atoms with Crippen LogP contribution in [-0.4, -0.2) is 46.4 Å². The number of hydrogen-bond donors (Lipinski definition) is 1. The average Bonchev–Trinajstić information content (AvgIpc) is 2.89. The van der Waals surface area contributed by atoms with Gasteiger partial charge in [-0.1, -0.05) is 12.1 Å². The number of likely N-dealkylation sites (N-methyl/N-ethyl adjacent to an activating group) is 1. The Labute approximate surface area is 122 Å². The molecule has 1 aromatic carbocycles. The molecule has 0 fully saturated rings. The molecule has 21 heavy (non-hydrogen) atoms. The smallest absolute Gasteiger partial charge is 0.243 e. The summed E-state index contributed by atoms with van der Waals surface area (Å²) in [7, 11) is 3.37. The van der Waals surface area contributed by atoms with Crippen LogP contribution in [0.2, 0.25) is 0 Å². The van der Waals surface area contributed by atoms with Gasteiger partial charge in [-0.25, -0.2) is 4.39 Å². The Morgan fingerprint density at radius 3 is 2.76 bits per heavy atom. The van der Waals surface area contributed by atoms with Gasteiger partial charge in [-0.15, -0.1) is 0 Å². The Balaban J connectivity index is 2.18. The summed E-state index contributed by atoms with van der Waals surface area (Å²) in [5.41, 5.74) is 1.92. The van der Waals surface area contributed by atoms with E-state index in [2.05, 4.69) is 5.10 Å². The number of hydrogen-bond acceptors (Lipinski definition) is 3. The second kappa shape index (κ2) is 6.49. The van der Waals surface area contributed by atoms with E-state index in [0.717, 1.165) is 5.56 Å². The van der Waals surface area contributed by atoms with Crippen molar-refractivity contribution in [1.82, 2.24) is 14.7 Å². The maximum atomic E-state index is 13.8. The number of aliphatic hydroxyl groups excluding tert-OH is 1. The third-order valence-corrected chi connectivity index (χ3v) is 3.20. The van der Waals surface area contributed by atoms with Crippen LogP contribution in [0.3, 0.4) is 0 Å². The summed E-state index contributed by atoms with van der Waals surface area (Å²) in [6, 6.07) is 4.85. The predicted octanol–water partition coefficient (Wildman–Crippen LogP) is 1.31. The van der Waals surface area contributed by atoms with E-state index in [9.17, 15) is 9.18 Å². The van der Waals surface area contributed by atoms with E-state index in [1.165, 1.54) is 15.6 Å². The zero-order chi connectivity index (χ0) is 15.4. The van der Waals surface area contributed by atoms with Crippen LogP contribution in [0.15, 0.2) is 30.6 Å². The molecule has 6 heteroatoms. The van der Waals surface area contributed by atoms with Gasteiger partial charge in [-0.2, -0.15) is 5.10 Å². The second-order valence-electron chi connectivity index (χ2n) is 4.99. The second-order valence-corrected chi connectivity index (χ2v) is 4.99. The van der Waals surface area contributed by atoms with Crippen molar-refractivity contribution in [2.75, 3.05) is 20.7 Å². The van der Waals surface area contributed by atoms with Gasteiger partial charge in [0.1, 0.15) is 12.4 Å². The van der Waals surface area contributed by atoms with Crippen molar-refractivity contribution in [1.29, 1.82) is 0 Å². The molecule has 0 spiro atoms. The fourth-order valence-electron chi connectivity index (χ4n) is 1.93. The van der Waals surface area contributed by atoms with E-state index >= 15 is 0 Å². The highest BCUT2D eigenvalue weighted by molar-refractivity contribution is 5.75. The Kier molecular flexibility index (Phi) is 4.70. The standard InChI is InChI=1S/C15H18FN3O2/c1-18(2)15(21)10-19-9-13(8-17-19)12-4-3-11(5-6-20)14(16)7-12/h3-4,7-9,20H,5-6,10H2,1-2H3. The summed E-state index contributed by atoms with van der Waals surface area (Å²) >= 11 is 0. The monoisotopic (exact) mass is 291 g/mol. The maximum absolute atomic E-state index is 13.8. The zero-order valence-corrected chi connectivity index (χ0v) is 12.1. The molecule has 0 saturated carbocycles. The van der Waals surface area contributed by atoms with Crippen LogP contribution in [0.1, 0.15) is 5.56 Å². The fraction of sp³-hybridized carbons (Fsp3) is 0.333. The maximum Gasteiger partial charge on any atom is 0.243 e. The number of halogens is 1. The molecule has 0 aliphatic carbocycles. The van der Waals surface area contributed by atoms with E-state index < -0.39 is 0 Å². The molecule has 5 nitrogen and oxygen atoms in total. The summed E-state index contributed by atoms with van der Waals surface area (Å²) in [5.74, 6) is -0.409. The molecule has 112 valence electrons. The van der Waals surface area contributed by atoms with Gasteiger partial charge in [0.2, 0.25) is 5.91 Å². The third-order valence-electron chi connectivity index (χ3n) is 3.20. The summed E-state index contributed by atoms with van der Waals surface area (Å²) in [6.45, 7) is 0.0684. The van der Waals surface area contributed by atoms with E-state index in [4.69, 9.17) is 5.11 Å². The van der Waals surface area contributed by atoms with Crippen molar-refractivity contribution in [3.8, 4) is 11.1 Å². The lowest BCUT2D eigenvalue weighted by atomic mass is 10.1. The zero-order valence-electron chi connectivity index (χ0n) is 12.1. The highest BCUT2D eigenvalue weighted by atomic mass is 19.1. The van der Waals surface area contributed by atoms with Gasteiger partial charge in [0.05, 0.1) is 6.20 Å². The van der Waals surface area contributed by atoms with Crippen LogP contribution in [0.4, 0.5) is 4.39 Å². The first kappa shape index (κ1) is 15.2. The molecule has 0 bridgehead atoms. The van der Waals surface area contributed by atoms with E-state index in [0.29, 0.717) is 17.5 Å². The van der Waals surface area contributed by atoms with Gasteiger partial charge in [0.25, 0.3) is 0 Å². The quantitative estimate of drug-likeness (QED) is 0.903. The number of carbonyl (C=O) groups excluding carboxylic acids is 1. The van der Waals surface area contributed by atoms with Crippen molar-refractivity contribution in [2.24, 2.45) is 0 Å². The number of aromatic nitrogens is 2. The van der Waals surface area contributed by atoms with Crippen molar-refractivity contribution < 1.29 is 14.3 Å². The molecule has 0 radical (unpaired) electrons. The average molecular weight is 291 g/mol. The van der Waals surface area contributed by atoms with Gasteiger partial charge in [-0.05, 0) is 23.6 Å². The van der Waals surface area contributed by atoms with Crippen LogP contribution in [0, 0.1) is 5.82 Å². The van der Waals surface area contributed by atoms with Crippen molar-refractivity contribution in [2.45, 2.75) is 13.0 Å². The van der Waals surface area contributed by atoms with Crippen molar-refractivity contribution >= 4 is 5.91 Å². The Morgan fingerprint density at radius 1 is 1.38 bits per heavy atom. The molecule has 0 saturated heterocycles. The molecular formula is C15H18FN3O2. The number of benzene rings is 1. The van der Waals surface area contributed by atoms with E-state index in [1.54, 1.807) is 38.6 Å². The molecule has 1 heterocycles. The van der Waals surface area contributed by atoms with E-state index in [-0.39, 0.29) is 24.9 Å². The normalized spacial score (nSPS) is 10.7. The minimum atomic E-state index is -0.348. The Bertz CT molecular complexity index is 638. The van der Waals surface area contributed by atoms with E-state index in [1.807, 2.05) is 0 Å². The van der Waals surface area contributed by atoms with Crippen LogP contribution in [-0.2, 0) is 17.8 Å². The first-order valence-electron chi connectivity index (χ1n) is 6.63. The lowest BCUT2D eigenvalue weighted by Crippen LogP contribution is -2.26. The van der Waals surface area contributed by atoms with Gasteiger partial charge in [-0.3, -0.25) is 9.48 Å². The number of aliphatic hydroxyl groups is 1. The van der Waals surface area contributed by atoms with Gasteiger partial charge >= 0.3 is 0 Å². The number of carbonyl (C=O) groups is 1. The minimum absolute atomic E-state index is 0.0610. The van der Waals surface area contributed by atoms with Crippen LogP contribution in [0.25, 0.3) is 11.1 Å². The summed E-state index contributed by atoms with van der Waals surface area (Å²) < 4.78 is 15.4. The summed E-state index contributed by atoms with van der Waals surface area (Å²) in [4.78, 5) is 13.1. The molecule has 1 aromatic heterocycles. The molecule has 2 aromatic rings. The van der Waals surface area contributed by atoms with Gasteiger partial charge in [0.15, 0.2) is 0 Å². The topological polar surface area (TPSA) is 58.4 Å². The van der Waals surface area contributed by atoms with Crippen molar-refractivity contribution in [3.63, 3.8) is 0 Å². The van der Waals surface area contributed by atoms with Gasteiger partial charge < -0.3 is 10.0 Å². The number of amides is 1. The molecule has 0 aliphatic heterocycles. The largest absolute Gasteiger partial charge is 0.396 e. The SMILES string of the molecule is CN(C)C(=O)Cn1cc(-c2ccc(CCO)c(F)c2)cn1. The molecule has 0 aliphatic rings. The molecule has 1 amide bonds. The summed E-state index contributed by atoms with van der Waals surface area (Å²) in [5, 5.41) is 13.0. The Morgan fingerprint density at radius 2 is 2.14 bits per heavy atom. The molecular weight excluding hydrogens is 273 g/mol. The van der Waals surface area contributed by atoms with Crippen molar-refractivity contribution in [3.05, 3.63) is 42.0 Å². The first-order valence-corrected chi connectivity index (χ1v) is 6.63. The lowest BCUT2D eigenvalue weighted by molar-refractivity contribution is -0.129. The first-order chi connectivity index (χ1) is 10.0. The molecule has 0 atom stereocenters. The third kappa shape index (κ3) is 3.66. The van der Waals surface area contributed by atoms with Crippen LogP contribution >= 0.6 is 0 Å². The molecule has 1 N–H and O–H groups in total. The Hall–Kier alpha value is -2.21. The highest BCUT2D eigenvalue weighted by Crippen LogP contribution is 2.21. The van der Waals surface area contributed by atoms with Crippen LogP contribution in [0.5, 0.6) is 0 Å². The fourth-order valence-corrected chi connectivity index (χ4v) is 1.93. The lowest BCUT2D eigenvalue weighted by Gasteiger charge is -2.09.